The second-order valence-corrected chi connectivity index (χ2v) is 7.42. The van der Waals surface area contributed by atoms with Crippen LogP contribution >= 0.6 is 0 Å². The van der Waals surface area contributed by atoms with Crippen LogP contribution in [0.4, 0.5) is 5.69 Å². The van der Waals surface area contributed by atoms with Crippen LogP contribution in [0.5, 0.6) is 5.75 Å². The Morgan fingerprint density at radius 2 is 1.67 bits per heavy atom. The van der Waals surface area contributed by atoms with Crippen LogP contribution in [0.3, 0.4) is 0 Å². The third-order valence-corrected chi connectivity index (χ3v) is 5.45. The first-order valence-electron chi connectivity index (χ1n) is 9.96. The Morgan fingerprint density at radius 1 is 0.933 bits per heavy atom. The van der Waals surface area contributed by atoms with Crippen molar-refractivity contribution in [2.75, 3.05) is 31.1 Å². The largest absolute Gasteiger partial charge is 0.508 e. The Kier molecular flexibility index (Phi) is 4.68. The van der Waals surface area contributed by atoms with Gasteiger partial charge >= 0.3 is 0 Å². The summed E-state index contributed by atoms with van der Waals surface area (Å²) in [5, 5.41) is 14.3. The van der Waals surface area contributed by atoms with Crippen LogP contribution in [0.25, 0.3) is 16.7 Å². The number of nitrogens with zero attached hydrogens (tertiary/aromatic N) is 5. The van der Waals surface area contributed by atoms with E-state index in [0.29, 0.717) is 23.4 Å². The molecule has 1 saturated heterocycles. The number of aromatic amines is 1. The first-order valence-corrected chi connectivity index (χ1v) is 9.96. The molecule has 0 saturated carbocycles. The van der Waals surface area contributed by atoms with Gasteiger partial charge in [0.15, 0.2) is 5.65 Å². The first-order chi connectivity index (χ1) is 14.7. The van der Waals surface area contributed by atoms with Gasteiger partial charge in [0.2, 0.25) is 0 Å². The summed E-state index contributed by atoms with van der Waals surface area (Å²) >= 11 is 0. The maximum atomic E-state index is 12.6. The lowest BCUT2D eigenvalue weighted by molar-refractivity contribution is 0.244. The van der Waals surface area contributed by atoms with Crippen LogP contribution in [0, 0.1) is 0 Å². The highest BCUT2D eigenvalue weighted by Gasteiger charge is 2.19. The van der Waals surface area contributed by atoms with Crippen LogP contribution in [-0.2, 0) is 6.54 Å². The number of anilines is 1. The summed E-state index contributed by atoms with van der Waals surface area (Å²) in [6.45, 7) is 4.05. The summed E-state index contributed by atoms with van der Waals surface area (Å²) in [6, 6.07) is 17.0. The molecule has 0 bridgehead atoms. The van der Waals surface area contributed by atoms with E-state index in [2.05, 4.69) is 19.9 Å². The Labute approximate surface area is 173 Å². The van der Waals surface area contributed by atoms with E-state index < -0.39 is 0 Å². The van der Waals surface area contributed by atoms with Crippen LogP contribution in [0.2, 0.25) is 0 Å². The Hall–Kier alpha value is -3.65. The summed E-state index contributed by atoms with van der Waals surface area (Å²) in [6.07, 6.45) is 1.56. The van der Waals surface area contributed by atoms with Gasteiger partial charge in [-0.25, -0.2) is 9.67 Å². The zero-order valence-electron chi connectivity index (χ0n) is 16.4. The van der Waals surface area contributed by atoms with Crippen LogP contribution in [-0.4, -0.2) is 55.9 Å². The number of phenolic OH excluding ortho intramolecular Hbond substituents is 1. The molecule has 1 aliphatic rings. The van der Waals surface area contributed by atoms with E-state index in [-0.39, 0.29) is 11.3 Å². The first kappa shape index (κ1) is 18.4. The third-order valence-electron chi connectivity index (χ3n) is 5.45. The van der Waals surface area contributed by atoms with Gasteiger partial charge in [-0.1, -0.05) is 18.2 Å². The SMILES string of the molecule is O=c1[nH]c(CN2CCN(c3ccc(O)cc3)CC2)nc2c1cnn2-c1ccccc1. The summed E-state index contributed by atoms with van der Waals surface area (Å²) in [7, 11) is 0. The molecule has 2 aromatic heterocycles. The number of piperazine rings is 1. The molecule has 0 spiro atoms. The van der Waals surface area contributed by atoms with Crippen LogP contribution < -0.4 is 10.5 Å². The van der Waals surface area contributed by atoms with Gasteiger partial charge in [0, 0.05) is 31.9 Å². The van der Waals surface area contributed by atoms with E-state index in [1.54, 1.807) is 23.0 Å². The van der Waals surface area contributed by atoms with Crippen molar-refractivity contribution in [3.8, 4) is 11.4 Å². The van der Waals surface area contributed by atoms with Crippen LogP contribution in [0.15, 0.2) is 65.6 Å². The van der Waals surface area contributed by atoms with Gasteiger partial charge in [0.25, 0.3) is 5.56 Å². The van der Waals surface area contributed by atoms with E-state index in [0.717, 1.165) is 37.6 Å². The Balaban J connectivity index is 1.34. The third kappa shape index (κ3) is 3.53. The lowest BCUT2D eigenvalue weighted by Crippen LogP contribution is -2.46. The molecule has 4 aromatic rings. The van der Waals surface area contributed by atoms with Gasteiger partial charge in [-0.05, 0) is 36.4 Å². The van der Waals surface area contributed by atoms with Crippen molar-refractivity contribution in [1.29, 1.82) is 0 Å². The minimum atomic E-state index is -0.167. The molecular weight excluding hydrogens is 380 g/mol. The van der Waals surface area contributed by atoms with Crippen molar-refractivity contribution in [3.05, 3.63) is 77.0 Å². The van der Waals surface area contributed by atoms with Crippen molar-refractivity contribution in [1.82, 2.24) is 24.6 Å². The zero-order chi connectivity index (χ0) is 20.5. The molecule has 1 fully saturated rings. The molecule has 152 valence electrons. The normalized spacial score (nSPS) is 15.0. The Morgan fingerprint density at radius 3 is 2.40 bits per heavy atom. The molecule has 1 aliphatic heterocycles. The quantitative estimate of drug-likeness (QED) is 0.544. The molecule has 0 atom stereocenters. The minimum Gasteiger partial charge on any atom is -0.508 e. The van der Waals surface area contributed by atoms with Gasteiger partial charge in [-0.15, -0.1) is 0 Å². The number of aromatic nitrogens is 4. The fourth-order valence-corrected chi connectivity index (χ4v) is 3.84. The van der Waals surface area contributed by atoms with Crippen molar-refractivity contribution in [2.24, 2.45) is 0 Å². The molecule has 0 aliphatic carbocycles. The number of para-hydroxylation sites is 1. The van der Waals surface area contributed by atoms with E-state index in [4.69, 9.17) is 4.98 Å². The highest BCUT2D eigenvalue weighted by molar-refractivity contribution is 5.75. The predicted octanol–water partition coefficient (Wildman–Crippen LogP) is 2.14. The maximum absolute atomic E-state index is 12.6. The zero-order valence-corrected chi connectivity index (χ0v) is 16.4. The van der Waals surface area contributed by atoms with Gasteiger partial charge in [0.05, 0.1) is 18.4 Å². The number of phenols is 1. The number of rotatable bonds is 4. The number of hydrogen-bond donors (Lipinski definition) is 2. The summed E-state index contributed by atoms with van der Waals surface area (Å²) < 4.78 is 1.71. The summed E-state index contributed by atoms with van der Waals surface area (Å²) in [5.74, 6) is 0.917. The Bertz CT molecular complexity index is 1210. The minimum absolute atomic E-state index is 0.167. The molecule has 8 nitrogen and oxygen atoms in total. The van der Waals surface area contributed by atoms with E-state index in [9.17, 15) is 9.90 Å². The van der Waals surface area contributed by atoms with Crippen molar-refractivity contribution in [3.63, 3.8) is 0 Å². The number of fused-ring (bicyclic) bond motifs is 1. The second kappa shape index (κ2) is 7.64. The number of nitrogens with one attached hydrogen (secondary N) is 1. The molecular formula is C22H22N6O2. The van der Waals surface area contributed by atoms with Gasteiger partial charge < -0.3 is 15.0 Å². The number of hydrogen-bond acceptors (Lipinski definition) is 6. The van der Waals surface area contributed by atoms with Crippen LogP contribution in [0.1, 0.15) is 5.82 Å². The number of aromatic hydroxyl groups is 1. The molecule has 0 unspecified atom stereocenters. The topological polar surface area (TPSA) is 90.3 Å². The predicted molar refractivity (Wildman–Crippen MR) is 115 cm³/mol. The molecule has 2 aromatic carbocycles. The number of benzene rings is 2. The average molecular weight is 402 g/mol. The summed E-state index contributed by atoms with van der Waals surface area (Å²) in [5.41, 5.74) is 2.38. The van der Waals surface area contributed by atoms with Crippen molar-refractivity contribution >= 4 is 16.7 Å². The molecule has 3 heterocycles. The molecule has 0 amide bonds. The number of H-pyrrole nitrogens is 1. The molecule has 8 heteroatoms. The van der Waals surface area contributed by atoms with Gasteiger partial charge in [-0.2, -0.15) is 5.10 Å². The van der Waals surface area contributed by atoms with Crippen molar-refractivity contribution in [2.45, 2.75) is 6.54 Å². The maximum Gasteiger partial charge on any atom is 0.262 e. The van der Waals surface area contributed by atoms with E-state index in [1.165, 1.54) is 0 Å². The lowest BCUT2D eigenvalue weighted by Gasteiger charge is -2.35. The van der Waals surface area contributed by atoms with E-state index >= 15 is 0 Å². The fourth-order valence-electron chi connectivity index (χ4n) is 3.84. The standard InChI is InChI=1S/C22H22N6O2/c29-18-8-6-16(7-9-18)27-12-10-26(11-13-27)15-20-24-21-19(22(30)25-20)14-23-28(21)17-4-2-1-3-5-17/h1-9,14,29H,10-13,15H2,(H,24,25,30). The molecule has 5 rings (SSSR count). The highest BCUT2D eigenvalue weighted by atomic mass is 16.3. The molecule has 2 N–H and O–H groups in total. The fraction of sp³-hybridized carbons (Fsp3) is 0.227. The van der Waals surface area contributed by atoms with E-state index in [1.807, 2.05) is 42.5 Å². The smallest absolute Gasteiger partial charge is 0.262 e. The second-order valence-electron chi connectivity index (χ2n) is 7.42. The molecule has 0 radical (unpaired) electrons. The van der Waals surface area contributed by atoms with Gasteiger partial charge in [0.1, 0.15) is 17.0 Å². The molecule has 30 heavy (non-hydrogen) atoms. The monoisotopic (exact) mass is 402 g/mol. The average Bonchev–Trinajstić information content (AvgIpc) is 3.20. The van der Waals surface area contributed by atoms with Gasteiger partial charge in [-0.3, -0.25) is 9.69 Å². The highest BCUT2D eigenvalue weighted by Crippen LogP contribution is 2.20. The summed E-state index contributed by atoms with van der Waals surface area (Å²) in [4.78, 5) is 24.8. The van der Waals surface area contributed by atoms with Crippen molar-refractivity contribution < 1.29 is 5.11 Å². The lowest BCUT2D eigenvalue weighted by atomic mass is 10.2.